The first-order valence-corrected chi connectivity index (χ1v) is 7.47. The van der Waals surface area contributed by atoms with Gasteiger partial charge < -0.3 is 4.74 Å². The Morgan fingerprint density at radius 3 is 2.84 bits per heavy atom. The Bertz CT molecular complexity index is 596. The zero-order valence-corrected chi connectivity index (χ0v) is 12.6. The Labute approximate surface area is 120 Å². The highest BCUT2D eigenvalue weighted by molar-refractivity contribution is 8.01. The average Bonchev–Trinajstić information content (AvgIpc) is 2.81. The molecule has 0 N–H and O–H groups in total. The highest BCUT2D eigenvalue weighted by Crippen LogP contribution is 2.25. The highest BCUT2D eigenvalue weighted by Gasteiger charge is 2.13. The standard InChI is InChI=1S/C13H14N2O2S2/c1-8-4-5-10(12(6-8)17-3)11(16)7-18-13-14-9(2)15-19-13/h4-6H,7H2,1-3H3. The van der Waals surface area contributed by atoms with Crippen molar-refractivity contribution in [2.75, 3.05) is 12.9 Å². The number of thioether (sulfide) groups is 1. The number of carbonyl (C=O) groups excluding carboxylic acids is 1. The molecule has 0 fully saturated rings. The van der Waals surface area contributed by atoms with Crippen molar-refractivity contribution in [3.8, 4) is 5.75 Å². The molecule has 0 bridgehead atoms. The topological polar surface area (TPSA) is 52.1 Å². The van der Waals surface area contributed by atoms with Crippen LogP contribution < -0.4 is 4.74 Å². The molecule has 0 aliphatic rings. The average molecular weight is 294 g/mol. The van der Waals surface area contributed by atoms with Crippen LogP contribution in [0.2, 0.25) is 0 Å². The van der Waals surface area contributed by atoms with Gasteiger partial charge in [-0.3, -0.25) is 4.79 Å². The first-order chi connectivity index (χ1) is 9.10. The van der Waals surface area contributed by atoms with E-state index in [-0.39, 0.29) is 5.78 Å². The molecule has 19 heavy (non-hydrogen) atoms. The molecule has 0 radical (unpaired) electrons. The van der Waals surface area contributed by atoms with Crippen LogP contribution in [-0.4, -0.2) is 28.0 Å². The SMILES string of the molecule is COc1cc(C)ccc1C(=O)CSc1nc(C)ns1. The van der Waals surface area contributed by atoms with Gasteiger partial charge in [0, 0.05) is 0 Å². The summed E-state index contributed by atoms with van der Waals surface area (Å²) >= 11 is 2.72. The fraction of sp³-hybridized carbons (Fsp3) is 0.308. The lowest BCUT2D eigenvalue weighted by Crippen LogP contribution is -2.05. The van der Waals surface area contributed by atoms with Gasteiger partial charge in [0.2, 0.25) is 0 Å². The second kappa shape index (κ2) is 6.16. The van der Waals surface area contributed by atoms with Crippen molar-refractivity contribution < 1.29 is 9.53 Å². The molecule has 1 heterocycles. The number of carbonyl (C=O) groups is 1. The summed E-state index contributed by atoms with van der Waals surface area (Å²) in [5, 5.41) is 0. The van der Waals surface area contributed by atoms with Crippen LogP contribution in [0, 0.1) is 13.8 Å². The van der Waals surface area contributed by atoms with E-state index < -0.39 is 0 Å². The maximum Gasteiger partial charge on any atom is 0.176 e. The van der Waals surface area contributed by atoms with Crippen molar-refractivity contribution in [3.05, 3.63) is 35.2 Å². The Balaban J connectivity index is 2.07. The molecule has 0 aliphatic carbocycles. The Kier molecular flexibility index (Phi) is 4.55. The number of hydrogen-bond donors (Lipinski definition) is 0. The van der Waals surface area contributed by atoms with Gasteiger partial charge in [-0.25, -0.2) is 4.98 Å². The molecular formula is C13H14N2O2S2. The Morgan fingerprint density at radius 2 is 2.21 bits per heavy atom. The number of ketones is 1. The quantitative estimate of drug-likeness (QED) is 0.626. The number of rotatable bonds is 5. The fourth-order valence-corrected chi connectivity index (χ4v) is 3.10. The smallest absolute Gasteiger partial charge is 0.176 e. The van der Waals surface area contributed by atoms with Gasteiger partial charge in [0.1, 0.15) is 11.6 Å². The van der Waals surface area contributed by atoms with Crippen LogP contribution in [0.15, 0.2) is 22.5 Å². The molecule has 100 valence electrons. The number of aromatic nitrogens is 2. The summed E-state index contributed by atoms with van der Waals surface area (Å²) in [4.78, 5) is 16.4. The van der Waals surface area contributed by atoms with Crippen LogP contribution in [0.1, 0.15) is 21.7 Å². The molecule has 0 aliphatic heterocycles. The number of ether oxygens (including phenoxy) is 1. The number of benzene rings is 1. The van der Waals surface area contributed by atoms with Crippen molar-refractivity contribution in [1.29, 1.82) is 0 Å². The van der Waals surface area contributed by atoms with Crippen LogP contribution in [0.3, 0.4) is 0 Å². The van der Waals surface area contributed by atoms with Gasteiger partial charge in [-0.2, -0.15) is 4.37 Å². The van der Waals surface area contributed by atoms with Gasteiger partial charge in [0.25, 0.3) is 0 Å². The highest BCUT2D eigenvalue weighted by atomic mass is 32.2. The lowest BCUT2D eigenvalue weighted by atomic mass is 10.1. The molecule has 0 saturated carbocycles. The molecule has 1 aromatic carbocycles. The third-order valence-electron chi connectivity index (χ3n) is 2.49. The second-order valence-electron chi connectivity index (χ2n) is 4.02. The zero-order chi connectivity index (χ0) is 13.8. The van der Waals surface area contributed by atoms with E-state index in [1.165, 1.54) is 23.3 Å². The van der Waals surface area contributed by atoms with Gasteiger partial charge in [-0.15, -0.1) is 0 Å². The third kappa shape index (κ3) is 3.54. The summed E-state index contributed by atoms with van der Waals surface area (Å²) in [7, 11) is 1.58. The van der Waals surface area contributed by atoms with Crippen molar-refractivity contribution in [1.82, 2.24) is 9.36 Å². The van der Waals surface area contributed by atoms with E-state index in [1.807, 2.05) is 32.0 Å². The second-order valence-corrected chi connectivity index (χ2v) is 6.00. The summed E-state index contributed by atoms with van der Waals surface area (Å²) in [6.07, 6.45) is 0. The van der Waals surface area contributed by atoms with E-state index in [4.69, 9.17) is 4.74 Å². The molecule has 0 saturated heterocycles. The van der Waals surface area contributed by atoms with Gasteiger partial charge in [0.05, 0.1) is 18.4 Å². The van der Waals surface area contributed by atoms with Crippen molar-refractivity contribution in [2.45, 2.75) is 18.2 Å². The summed E-state index contributed by atoms with van der Waals surface area (Å²) in [5.41, 5.74) is 1.68. The summed E-state index contributed by atoms with van der Waals surface area (Å²) in [6.45, 7) is 3.81. The van der Waals surface area contributed by atoms with Crippen LogP contribution in [0.4, 0.5) is 0 Å². The molecule has 0 unspecified atom stereocenters. The molecule has 2 aromatic rings. The number of methoxy groups -OCH3 is 1. The maximum absolute atomic E-state index is 12.2. The van der Waals surface area contributed by atoms with E-state index in [9.17, 15) is 4.79 Å². The van der Waals surface area contributed by atoms with E-state index in [2.05, 4.69) is 9.36 Å². The van der Waals surface area contributed by atoms with Crippen LogP contribution in [0.25, 0.3) is 0 Å². The van der Waals surface area contributed by atoms with Crippen LogP contribution in [-0.2, 0) is 0 Å². The number of hydrogen-bond acceptors (Lipinski definition) is 6. The van der Waals surface area contributed by atoms with Gasteiger partial charge in [-0.1, -0.05) is 17.8 Å². The minimum atomic E-state index is 0.0368. The molecule has 0 spiro atoms. The largest absolute Gasteiger partial charge is 0.496 e. The molecule has 4 nitrogen and oxygen atoms in total. The van der Waals surface area contributed by atoms with Crippen molar-refractivity contribution in [3.63, 3.8) is 0 Å². The van der Waals surface area contributed by atoms with Gasteiger partial charge in [0.15, 0.2) is 10.1 Å². The minimum Gasteiger partial charge on any atom is -0.496 e. The van der Waals surface area contributed by atoms with Crippen molar-refractivity contribution in [2.24, 2.45) is 0 Å². The molecule has 6 heteroatoms. The first kappa shape index (κ1) is 14.0. The molecular weight excluding hydrogens is 280 g/mol. The van der Waals surface area contributed by atoms with Crippen molar-refractivity contribution >= 4 is 29.1 Å². The Hall–Kier alpha value is -1.40. The maximum atomic E-state index is 12.2. The van der Waals surface area contributed by atoms with Gasteiger partial charge >= 0.3 is 0 Å². The molecule has 1 aromatic heterocycles. The normalized spacial score (nSPS) is 10.5. The summed E-state index contributed by atoms with van der Waals surface area (Å²) < 4.78 is 10.2. The number of nitrogens with zero attached hydrogens (tertiary/aromatic N) is 2. The monoisotopic (exact) mass is 294 g/mol. The summed E-state index contributed by atoms with van der Waals surface area (Å²) in [6, 6.07) is 5.59. The fourth-order valence-electron chi connectivity index (χ4n) is 1.57. The van der Waals surface area contributed by atoms with Crippen LogP contribution in [0.5, 0.6) is 5.75 Å². The number of Topliss-reactive ketones (excluding diaryl/α,β-unsaturated/α-hetero) is 1. The summed E-state index contributed by atoms with van der Waals surface area (Å²) in [5.74, 6) is 1.75. The van der Waals surface area contributed by atoms with Gasteiger partial charge in [-0.05, 0) is 43.1 Å². The lowest BCUT2D eigenvalue weighted by Gasteiger charge is -2.07. The zero-order valence-electron chi connectivity index (χ0n) is 11.0. The predicted molar refractivity (Wildman–Crippen MR) is 77.4 cm³/mol. The van der Waals surface area contributed by atoms with E-state index in [0.29, 0.717) is 17.1 Å². The molecule has 0 atom stereocenters. The number of aryl methyl sites for hydroxylation is 2. The Morgan fingerprint density at radius 1 is 1.42 bits per heavy atom. The van der Waals surface area contributed by atoms with E-state index in [1.54, 1.807) is 7.11 Å². The van der Waals surface area contributed by atoms with E-state index >= 15 is 0 Å². The molecule has 0 amide bonds. The third-order valence-corrected chi connectivity index (χ3v) is 4.42. The van der Waals surface area contributed by atoms with E-state index in [0.717, 1.165) is 15.7 Å². The van der Waals surface area contributed by atoms with Crippen LogP contribution >= 0.6 is 23.3 Å². The predicted octanol–water partition coefficient (Wildman–Crippen LogP) is 3.14. The lowest BCUT2D eigenvalue weighted by molar-refractivity contribution is 0.101. The minimum absolute atomic E-state index is 0.0368. The first-order valence-electron chi connectivity index (χ1n) is 5.71. The molecule has 2 rings (SSSR count).